The molecule has 128 valence electrons. The van der Waals surface area contributed by atoms with Crippen molar-refractivity contribution in [2.45, 2.75) is 57.9 Å². The fraction of sp³-hybridized carbons (Fsp3) is 0.550. The monoisotopic (exact) mass is 327 g/mol. The number of carbonyl (C=O) groups excluding carboxylic acids is 1. The molecule has 1 amide bonds. The molecule has 1 saturated heterocycles. The van der Waals surface area contributed by atoms with Gasteiger partial charge in [-0.05, 0) is 63.6 Å². The van der Waals surface area contributed by atoms with E-state index in [1.165, 1.54) is 24.8 Å². The number of aryl methyl sites for hydroxylation is 2. The highest BCUT2D eigenvalue weighted by Crippen LogP contribution is 2.34. The number of likely N-dealkylation sites (tertiary alicyclic amines) is 1. The molecule has 0 unspecified atom stereocenters. The lowest BCUT2D eigenvalue weighted by Crippen LogP contribution is -2.44. The van der Waals surface area contributed by atoms with Gasteiger partial charge in [-0.25, -0.2) is 0 Å². The molecule has 1 aromatic heterocycles. The molecule has 2 aromatic rings. The SMILES string of the molecule is C[C@H]1CCCCN1C(=O)COc1ccc2oc3c(c2c1)CCCC3. The standard InChI is InChI=1S/C20H25NO3/c1-14-6-4-5-11-21(14)20(22)13-23-15-9-10-19-17(12-15)16-7-2-3-8-18(16)24-19/h9-10,12,14H,2-8,11,13H2,1H3/t14-/m0/s1. The number of carbonyl (C=O) groups is 1. The molecule has 1 fully saturated rings. The first-order valence-corrected chi connectivity index (χ1v) is 9.19. The second kappa shape index (κ2) is 6.50. The second-order valence-electron chi connectivity index (χ2n) is 7.09. The van der Waals surface area contributed by atoms with Crippen molar-refractivity contribution < 1.29 is 13.9 Å². The van der Waals surface area contributed by atoms with Gasteiger partial charge in [-0.15, -0.1) is 0 Å². The van der Waals surface area contributed by atoms with Crippen molar-refractivity contribution >= 4 is 16.9 Å². The largest absolute Gasteiger partial charge is 0.484 e. The predicted molar refractivity (Wildman–Crippen MR) is 93.4 cm³/mol. The molecule has 0 radical (unpaired) electrons. The van der Waals surface area contributed by atoms with Gasteiger partial charge >= 0.3 is 0 Å². The van der Waals surface area contributed by atoms with Gasteiger partial charge < -0.3 is 14.1 Å². The van der Waals surface area contributed by atoms with Crippen molar-refractivity contribution in [1.29, 1.82) is 0 Å². The Morgan fingerprint density at radius 2 is 2.12 bits per heavy atom. The Bertz CT molecular complexity index is 749. The topological polar surface area (TPSA) is 42.7 Å². The van der Waals surface area contributed by atoms with Gasteiger partial charge in [-0.2, -0.15) is 0 Å². The molecule has 1 aromatic carbocycles. The molecule has 4 rings (SSSR count). The van der Waals surface area contributed by atoms with Gasteiger partial charge in [0, 0.05) is 30.0 Å². The van der Waals surface area contributed by atoms with Crippen molar-refractivity contribution in [3.8, 4) is 5.75 Å². The van der Waals surface area contributed by atoms with E-state index in [-0.39, 0.29) is 12.5 Å². The normalized spacial score (nSPS) is 20.9. The van der Waals surface area contributed by atoms with E-state index in [2.05, 4.69) is 6.92 Å². The van der Waals surface area contributed by atoms with Crippen molar-refractivity contribution in [1.82, 2.24) is 4.90 Å². The lowest BCUT2D eigenvalue weighted by molar-refractivity contribution is -0.136. The van der Waals surface area contributed by atoms with E-state index in [9.17, 15) is 4.79 Å². The lowest BCUT2D eigenvalue weighted by Gasteiger charge is -2.33. The van der Waals surface area contributed by atoms with E-state index in [4.69, 9.17) is 9.15 Å². The Morgan fingerprint density at radius 3 is 3.00 bits per heavy atom. The summed E-state index contributed by atoms with van der Waals surface area (Å²) in [6.07, 6.45) is 7.95. The molecule has 2 aliphatic rings. The third kappa shape index (κ3) is 2.90. The third-order valence-electron chi connectivity index (χ3n) is 5.41. The zero-order valence-corrected chi connectivity index (χ0v) is 14.3. The number of fused-ring (bicyclic) bond motifs is 3. The quantitative estimate of drug-likeness (QED) is 0.852. The number of hydrogen-bond acceptors (Lipinski definition) is 3. The second-order valence-corrected chi connectivity index (χ2v) is 7.09. The highest BCUT2D eigenvalue weighted by Gasteiger charge is 2.23. The van der Waals surface area contributed by atoms with Crippen LogP contribution in [0.5, 0.6) is 5.75 Å². The highest BCUT2D eigenvalue weighted by molar-refractivity contribution is 5.84. The van der Waals surface area contributed by atoms with Crippen LogP contribution in [0, 0.1) is 0 Å². The molecule has 0 bridgehead atoms. The third-order valence-corrected chi connectivity index (χ3v) is 5.41. The van der Waals surface area contributed by atoms with Crippen LogP contribution in [0.3, 0.4) is 0 Å². The molecular formula is C20H25NO3. The van der Waals surface area contributed by atoms with Gasteiger partial charge in [0.05, 0.1) is 0 Å². The smallest absolute Gasteiger partial charge is 0.260 e. The van der Waals surface area contributed by atoms with Crippen molar-refractivity contribution in [2.75, 3.05) is 13.2 Å². The summed E-state index contributed by atoms with van der Waals surface area (Å²) in [5, 5.41) is 1.15. The molecular weight excluding hydrogens is 302 g/mol. The van der Waals surface area contributed by atoms with E-state index in [1.807, 2.05) is 23.1 Å². The Hall–Kier alpha value is -1.97. The summed E-state index contributed by atoms with van der Waals surface area (Å²) in [5.41, 5.74) is 2.27. The molecule has 0 N–H and O–H groups in total. The van der Waals surface area contributed by atoms with Gasteiger partial charge in [0.25, 0.3) is 5.91 Å². The van der Waals surface area contributed by atoms with Gasteiger partial charge in [-0.1, -0.05) is 0 Å². The van der Waals surface area contributed by atoms with Crippen LogP contribution >= 0.6 is 0 Å². The minimum absolute atomic E-state index is 0.0940. The van der Waals surface area contributed by atoms with Crippen molar-refractivity contribution in [2.24, 2.45) is 0 Å². The Kier molecular flexibility index (Phi) is 4.21. The first-order chi connectivity index (χ1) is 11.7. The first kappa shape index (κ1) is 15.6. The van der Waals surface area contributed by atoms with Crippen LogP contribution in [0.15, 0.2) is 22.6 Å². The molecule has 24 heavy (non-hydrogen) atoms. The van der Waals surface area contributed by atoms with Gasteiger partial charge in [0.15, 0.2) is 6.61 Å². The number of benzene rings is 1. The summed E-state index contributed by atoms with van der Waals surface area (Å²) >= 11 is 0. The van der Waals surface area contributed by atoms with Crippen LogP contribution < -0.4 is 4.74 Å². The van der Waals surface area contributed by atoms with Gasteiger partial charge in [0.2, 0.25) is 0 Å². The van der Waals surface area contributed by atoms with Crippen LogP contribution in [-0.2, 0) is 17.6 Å². The molecule has 0 spiro atoms. The number of rotatable bonds is 3. The fourth-order valence-electron chi connectivity index (χ4n) is 4.03. The fourth-order valence-corrected chi connectivity index (χ4v) is 4.03. The number of amides is 1. The van der Waals surface area contributed by atoms with E-state index in [0.29, 0.717) is 6.04 Å². The molecule has 0 saturated carbocycles. The summed E-state index contributed by atoms with van der Waals surface area (Å²) in [5.74, 6) is 1.98. The zero-order valence-electron chi connectivity index (χ0n) is 14.3. The molecule has 1 aliphatic heterocycles. The average Bonchev–Trinajstić information content (AvgIpc) is 2.98. The zero-order chi connectivity index (χ0) is 16.5. The summed E-state index contributed by atoms with van der Waals surface area (Å²) in [7, 11) is 0. The van der Waals surface area contributed by atoms with Crippen molar-refractivity contribution in [3.63, 3.8) is 0 Å². The Labute approximate surface area is 142 Å². The maximum absolute atomic E-state index is 12.4. The summed E-state index contributed by atoms with van der Waals surface area (Å²) < 4.78 is 11.8. The summed E-state index contributed by atoms with van der Waals surface area (Å²) in [6.45, 7) is 3.11. The average molecular weight is 327 g/mol. The number of hydrogen-bond donors (Lipinski definition) is 0. The van der Waals surface area contributed by atoms with E-state index in [0.717, 1.165) is 54.7 Å². The van der Waals surface area contributed by atoms with E-state index in [1.54, 1.807) is 0 Å². The molecule has 1 atom stereocenters. The molecule has 1 aliphatic carbocycles. The van der Waals surface area contributed by atoms with Crippen LogP contribution in [-0.4, -0.2) is 30.0 Å². The summed E-state index contributed by atoms with van der Waals surface area (Å²) in [6, 6.07) is 6.25. The number of nitrogens with zero attached hydrogens (tertiary/aromatic N) is 1. The maximum atomic E-state index is 12.4. The first-order valence-electron chi connectivity index (χ1n) is 9.19. The number of furan rings is 1. The lowest BCUT2D eigenvalue weighted by atomic mass is 9.96. The van der Waals surface area contributed by atoms with Crippen LogP contribution in [0.25, 0.3) is 11.0 Å². The molecule has 4 nitrogen and oxygen atoms in total. The minimum Gasteiger partial charge on any atom is -0.484 e. The van der Waals surface area contributed by atoms with Crippen molar-refractivity contribution in [3.05, 3.63) is 29.5 Å². The molecule has 4 heteroatoms. The van der Waals surface area contributed by atoms with Crippen LogP contribution in [0.2, 0.25) is 0 Å². The Balaban J connectivity index is 1.47. The van der Waals surface area contributed by atoms with Crippen LogP contribution in [0.4, 0.5) is 0 Å². The van der Waals surface area contributed by atoms with Gasteiger partial charge in [0.1, 0.15) is 17.1 Å². The summed E-state index contributed by atoms with van der Waals surface area (Å²) in [4.78, 5) is 14.4. The van der Waals surface area contributed by atoms with E-state index < -0.39 is 0 Å². The van der Waals surface area contributed by atoms with Crippen LogP contribution in [0.1, 0.15) is 50.4 Å². The Morgan fingerprint density at radius 1 is 1.25 bits per heavy atom. The van der Waals surface area contributed by atoms with E-state index >= 15 is 0 Å². The highest BCUT2D eigenvalue weighted by atomic mass is 16.5. The maximum Gasteiger partial charge on any atom is 0.260 e. The molecule has 2 heterocycles. The number of ether oxygens (including phenoxy) is 1. The number of piperidine rings is 1. The minimum atomic E-state index is 0.0940. The van der Waals surface area contributed by atoms with Gasteiger partial charge in [-0.3, -0.25) is 4.79 Å². The predicted octanol–water partition coefficient (Wildman–Crippen LogP) is 4.09.